The Bertz CT molecular complexity index is 364. The third-order valence-electron chi connectivity index (χ3n) is 3.10. The predicted octanol–water partition coefficient (Wildman–Crippen LogP) is 2.62. The van der Waals surface area contributed by atoms with Crippen molar-refractivity contribution >= 4 is 0 Å². The maximum atomic E-state index is 5.86. The average molecular weight is 251 g/mol. The van der Waals surface area contributed by atoms with Crippen LogP contribution in [0.25, 0.3) is 0 Å². The first kappa shape index (κ1) is 15.0. The largest absolute Gasteiger partial charge is 0.492 e. The van der Waals surface area contributed by atoms with Gasteiger partial charge in [-0.15, -0.1) is 0 Å². The zero-order valence-electron chi connectivity index (χ0n) is 12.0. The quantitative estimate of drug-likeness (QED) is 0.720. The van der Waals surface area contributed by atoms with Crippen molar-refractivity contribution in [3.05, 3.63) is 28.8 Å². The van der Waals surface area contributed by atoms with Crippen LogP contribution in [0.15, 0.2) is 12.1 Å². The van der Waals surface area contributed by atoms with Gasteiger partial charge in [-0.25, -0.2) is 0 Å². The fraction of sp³-hybridized carbons (Fsp3) is 0.600. The van der Waals surface area contributed by atoms with Crippen molar-refractivity contribution in [3.63, 3.8) is 0 Å². The second kappa shape index (κ2) is 8.11. The highest BCUT2D eigenvalue weighted by Crippen LogP contribution is 2.25. The number of aryl methyl sites for hydroxylation is 2. The topological polar surface area (TPSA) is 30.5 Å². The van der Waals surface area contributed by atoms with Crippen LogP contribution in [0.5, 0.6) is 5.75 Å². The van der Waals surface area contributed by atoms with Gasteiger partial charge in [0.2, 0.25) is 0 Å². The molecule has 0 bridgehead atoms. The van der Waals surface area contributed by atoms with Crippen LogP contribution in [0, 0.1) is 20.8 Å². The molecule has 1 aromatic rings. The van der Waals surface area contributed by atoms with E-state index in [4.69, 9.17) is 9.47 Å². The first-order chi connectivity index (χ1) is 8.66. The van der Waals surface area contributed by atoms with E-state index in [2.05, 4.69) is 38.2 Å². The molecule has 0 amide bonds. The number of hydrogen-bond donors (Lipinski definition) is 1. The summed E-state index contributed by atoms with van der Waals surface area (Å²) in [4.78, 5) is 0. The van der Waals surface area contributed by atoms with Crippen molar-refractivity contribution in [3.8, 4) is 5.75 Å². The lowest BCUT2D eigenvalue weighted by atomic mass is 10.1. The Morgan fingerprint density at radius 1 is 1.00 bits per heavy atom. The van der Waals surface area contributed by atoms with Gasteiger partial charge >= 0.3 is 0 Å². The van der Waals surface area contributed by atoms with Crippen LogP contribution in [-0.2, 0) is 4.74 Å². The molecule has 0 atom stereocenters. The smallest absolute Gasteiger partial charge is 0.125 e. The third-order valence-corrected chi connectivity index (χ3v) is 3.10. The van der Waals surface area contributed by atoms with Crippen molar-refractivity contribution in [2.24, 2.45) is 0 Å². The van der Waals surface area contributed by atoms with Gasteiger partial charge in [0.15, 0.2) is 0 Å². The number of rotatable bonds is 8. The summed E-state index contributed by atoms with van der Waals surface area (Å²) in [7, 11) is 1.73. The number of ether oxygens (including phenoxy) is 2. The molecule has 0 fully saturated rings. The first-order valence-corrected chi connectivity index (χ1v) is 6.56. The standard InChI is InChI=1S/C15H25NO2/c1-12-6-7-13(2)15(14(12)3)18-11-9-16-8-5-10-17-4/h6-7,16H,5,8-11H2,1-4H3. The molecule has 0 saturated heterocycles. The van der Waals surface area contributed by atoms with Crippen molar-refractivity contribution in [1.82, 2.24) is 5.32 Å². The molecule has 102 valence electrons. The molecule has 0 aliphatic heterocycles. The van der Waals surface area contributed by atoms with E-state index in [-0.39, 0.29) is 0 Å². The van der Waals surface area contributed by atoms with Gasteiger partial charge in [0.1, 0.15) is 12.4 Å². The van der Waals surface area contributed by atoms with Crippen molar-refractivity contribution < 1.29 is 9.47 Å². The van der Waals surface area contributed by atoms with E-state index >= 15 is 0 Å². The Balaban J connectivity index is 2.29. The molecule has 3 heteroatoms. The normalized spacial score (nSPS) is 10.7. The summed E-state index contributed by atoms with van der Waals surface area (Å²) in [5.74, 6) is 1.04. The van der Waals surface area contributed by atoms with Crippen LogP contribution >= 0.6 is 0 Å². The highest BCUT2D eigenvalue weighted by Gasteiger charge is 2.05. The van der Waals surface area contributed by atoms with Gasteiger partial charge in [-0.3, -0.25) is 0 Å². The third kappa shape index (κ3) is 4.67. The van der Waals surface area contributed by atoms with Crippen LogP contribution in [-0.4, -0.2) is 33.4 Å². The second-order valence-corrected chi connectivity index (χ2v) is 4.60. The summed E-state index contributed by atoms with van der Waals surface area (Å²) in [5.41, 5.74) is 3.73. The van der Waals surface area contributed by atoms with Gasteiger partial charge in [0.25, 0.3) is 0 Å². The van der Waals surface area contributed by atoms with Crippen molar-refractivity contribution in [1.29, 1.82) is 0 Å². The van der Waals surface area contributed by atoms with Gasteiger partial charge in [-0.1, -0.05) is 12.1 Å². The average Bonchev–Trinajstić information content (AvgIpc) is 2.36. The monoisotopic (exact) mass is 251 g/mol. The van der Waals surface area contributed by atoms with E-state index in [0.717, 1.165) is 31.9 Å². The predicted molar refractivity (Wildman–Crippen MR) is 75.5 cm³/mol. The fourth-order valence-electron chi connectivity index (χ4n) is 1.84. The SMILES string of the molecule is COCCCNCCOc1c(C)ccc(C)c1C. The summed E-state index contributed by atoms with van der Waals surface area (Å²) >= 11 is 0. The van der Waals surface area contributed by atoms with E-state index in [1.165, 1.54) is 16.7 Å². The maximum Gasteiger partial charge on any atom is 0.125 e. The molecule has 0 spiro atoms. The van der Waals surface area contributed by atoms with E-state index in [1.54, 1.807) is 7.11 Å². The summed E-state index contributed by atoms with van der Waals surface area (Å²) in [6, 6.07) is 4.25. The molecular weight excluding hydrogens is 226 g/mol. The molecule has 0 aliphatic rings. The fourth-order valence-corrected chi connectivity index (χ4v) is 1.84. The Hall–Kier alpha value is -1.06. The molecule has 1 aromatic carbocycles. The lowest BCUT2D eigenvalue weighted by molar-refractivity contribution is 0.193. The number of benzene rings is 1. The Morgan fingerprint density at radius 3 is 2.44 bits per heavy atom. The molecule has 1 rings (SSSR count). The van der Waals surface area contributed by atoms with Gasteiger partial charge in [0, 0.05) is 20.3 Å². The zero-order valence-corrected chi connectivity index (χ0v) is 12.0. The number of methoxy groups -OCH3 is 1. The lowest BCUT2D eigenvalue weighted by Gasteiger charge is -2.14. The molecule has 1 N–H and O–H groups in total. The van der Waals surface area contributed by atoms with E-state index in [9.17, 15) is 0 Å². The molecule has 0 aliphatic carbocycles. The van der Waals surface area contributed by atoms with Crippen LogP contribution in [0.1, 0.15) is 23.1 Å². The van der Waals surface area contributed by atoms with Crippen LogP contribution in [0.4, 0.5) is 0 Å². The first-order valence-electron chi connectivity index (χ1n) is 6.56. The molecule has 3 nitrogen and oxygen atoms in total. The second-order valence-electron chi connectivity index (χ2n) is 4.60. The van der Waals surface area contributed by atoms with E-state index < -0.39 is 0 Å². The minimum Gasteiger partial charge on any atom is -0.492 e. The van der Waals surface area contributed by atoms with E-state index in [0.29, 0.717) is 6.61 Å². The minimum atomic E-state index is 0.706. The zero-order chi connectivity index (χ0) is 13.4. The molecule has 0 saturated carbocycles. The maximum absolute atomic E-state index is 5.86. The molecular formula is C15H25NO2. The van der Waals surface area contributed by atoms with Crippen LogP contribution in [0.3, 0.4) is 0 Å². The van der Waals surface area contributed by atoms with Gasteiger partial charge < -0.3 is 14.8 Å². The Kier molecular flexibility index (Phi) is 6.76. The van der Waals surface area contributed by atoms with Crippen LogP contribution in [0.2, 0.25) is 0 Å². The van der Waals surface area contributed by atoms with Crippen LogP contribution < -0.4 is 10.1 Å². The molecule has 0 radical (unpaired) electrons. The number of nitrogens with one attached hydrogen (secondary N) is 1. The van der Waals surface area contributed by atoms with Crippen molar-refractivity contribution in [2.45, 2.75) is 27.2 Å². The highest BCUT2D eigenvalue weighted by atomic mass is 16.5. The van der Waals surface area contributed by atoms with E-state index in [1.807, 2.05) is 0 Å². The number of hydrogen-bond acceptors (Lipinski definition) is 3. The molecule has 18 heavy (non-hydrogen) atoms. The van der Waals surface area contributed by atoms with Crippen molar-refractivity contribution in [2.75, 3.05) is 33.4 Å². The summed E-state index contributed by atoms with van der Waals surface area (Å²) in [6.45, 7) is 9.68. The highest BCUT2D eigenvalue weighted by molar-refractivity contribution is 5.44. The Morgan fingerprint density at radius 2 is 1.72 bits per heavy atom. The molecule has 0 aromatic heterocycles. The van der Waals surface area contributed by atoms with Gasteiger partial charge in [-0.05, 0) is 50.4 Å². The lowest BCUT2D eigenvalue weighted by Crippen LogP contribution is -2.23. The van der Waals surface area contributed by atoms with Gasteiger partial charge in [0.05, 0.1) is 0 Å². The molecule has 0 unspecified atom stereocenters. The minimum absolute atomic E-state index is 0.706. The molecule has 0 heterocycles. The summed E-state index contributed by atoms with van der Waals surface area (Å²) < 4.78 is 10.9. The van der Waals surface area contributed by atoms with Gasteiger partial charge in [-0.2, -0.15) is 0 Å². The summed E-state index contributed by atoms with van der Waals surface area (Å²) in [6.07, 6.45) is 1.04. The Labute approximate surface area is 110 Å². The summed E-state index contributed by atoms with van der Waals surface area (Å²) in [5, 5.41) is 3.34.